The summed E-state index contributed by atoms with van der Waals surface area (Å²) in [4.78, 5) is 0. The van der Waals surface area contributed by atoms with Gasteiger partial charge in [0, 0.05) is 0 Å². The lowest BCUT2D eigenvalue weighted by molar-refractivity contribution is 0.291. The molecule has 5 nitrogen and oxygen atoms in total. The molecule has 1 heterocycles. The van der Waals surface area contributed by atoms with Gasteiger partial charge in [0.25, 0.3) is 0 Å². The van der Waals surface area contributed by atoms with Crippen molar-refractivity contribution in [1.82, 2.24) is 0 Å². The molecule has 0 aromatic carbocycles. The predicted molar refractivity (Wildman–Crippen MR) is 108 cm³/mol. The molecular weight excluding hydrogens is 401 g/mol. The standard InChI is InChI=1S/C15H25O5Si5/c1-11(2)23-17-21-16-22-18-24(12(3)4,13(5)6)20-25(19-23,14(7)8)15(9)10/h1,3,5,7,9H2,2,4,6,8,10H3. The molecule has 0 saturated carbocycles. The number of hydrogen-bond donors (Lipinski definition) is 0. The molecule has 5 radical (unpaired) electrons. The van der Waals surface area contributed by atoms with Crippen LogP contribution in [0, 0.1) is 0 Å². The summed E-state index contributed by atoms with van der Waals surface area (Å²) in [5.41, 5.74) is 0. The van der Waals surface area contributed by atoms with E-state index in [0.717, 1.165) is 26.0 Å². The van der Waals surface area contributed by atoms with Gasteiger partial charge < -0.3 is 20.6 Å². The van der Waals surface area contributed by atoms with Crippen LogP contribution in [-0.2, 0) is 20.6 Å². The molecule has 1 fully saturated rings. The molecule has 1 aliphatic heterocycles. The molecule has 1 aliphatic rings. The minimum atomic E-state index is -3.12. The Labute approximate surface area is 160 Å². The fourth-order valence-electron chi connectivity index (χ4n) is 2.15. The quantitative estimate of drug-likeness (QED) is 0.633. The van der Waals surface area contributed by atoms with Crippen molar-refractivity contribution in [3.05, 3.63) is 58.9 Å². The molecule has 135 valence electrons. The van der Waals surface area contributed by atoms with Gasteiger partial charge in [-0.15, -0.1) is 0 Å². The highest BCUT2D eigenvalue weighted by Gasteiger charge is 2.54. The third-order valence-electron chi connectivity index (χ3n) is 3.52. The minimum absolute atomic E-state index is 0.201. The maximum Gasteiger partial charge on any atom is 0.413 e. The Hall–Kier alpha value is -0.416. The third kappa shape index (κ3) is 4.85. The molecule has 0 aromatic rings. The summed E-state index contributed by atoms with van der Waals surface area (Å²) < 4.78 is 30.5. The smallest absolute Gasteiger partial charge is 0.412 e. The van der Waals surface area contributed by atoms with Gasteiger partial charge >= 0.3 is 46.4 Å². The fraction of sp³-hybridized carbons (Fsp3) is 0.333. The van der Waals surface area contributed by atoms with Crippen molar-refractivity contribution in [2.24, 2.45) is 0 Å². The maximum atomic E-state index is 6.70. The maximum absolute atomic E-state index is 6.70. The van der Waals surface area contributed by atoms with Crippen LogP contribution in [0.1, 0.15) is 34.6 Å². The Morgan fingerprint density at radius 3 is 1.64 bits per heavy atom. The van der Waals surface area contributed by atoms with Crippen molar-refractivity contribution in [2.45, 2.75) is 34.6 Å². The normalized spacial score (nSPS) is 21.2. The Morgan fingerprint density at radius 1 is 0.760 bits per heavy atom. The molecule has 0 atom stereocenters. The summed E-state index contributed by atoms with van der Waals surface area (Å²) in [6, 6.07) is 0. The first-order valence-corrected chi connectivity index (χ1v) is 14.1. The van der Waals surface area contributed by atoms with Crippen LogP contribution in [0.2, 0.25) is 0 Å². The highest BCUT2D eigenvalue weighted by Crippen LogP contribution is 2.35. The Bertz CT molecular complexity index is 575. The molecule has 0 bridgehead atoms. The summed E-state index contributed by atoms with van der Waals surface area (Å²) in [7, 11) is -8.45. The van der Waals surface area contributed by atoms with Gasteiger partial charge in [-0.1, -0.05) is 32.9 Å². The average molecular weight is 426 g/mol. The zero-order valence-corrected chi connectivity index (χ0v) is 20.6. The van der Waals surface area contributed by atoms with Crippen LogP contribution in [-0.4, -0.2) is 46.4 Å². The van der Waals surface area contributed by atoms with Gasteiger partial charge in [0.05, 0.1) is 0 Å². The number of rotatable bonds is 5. The lowest BCUT2D eigenvalue weighted by Gasteiger charge is -2.43. The first kappa shape index (κ1) is 22.6. The summed E-state index contributed by atoms with van der Waals surface area (Å²) in [6.45, 7) is 29.9. The van der Waals surface area contributed by atoms with E-state index in [9.17, 15) is 0 Å². The van der Waals surface area contributed by atoms with Crippen molar-refractivity contribution in [2.75, 3.05) is 0 Å². The van der Waals surface area contributed by atoms with Gasteiger partial charge in [0.15, 0.2) is 0 Å². The minimum Gasteiger partial charge on any atom is -0.412 e. The molecule has 0 aliphatic carbocycles. The van der Waals surface area contributed by atoms with E-state index in [4.69, 9.17) is 20.6 Å². The average Bonchev–Trinajstić information content (AvgIpc) is 2.49. The van der Waals surface area contributed by atoms with Crippen LogP contribution < -0.4 is 0 Å². The second-order valence-electron chi connectivity index (χ2n) is 6.10. The summed E-state index contributed by atoms with van der Waals surface area (Å²) >= 11 is 0. The van der Waals surface area contributed by atoms with Crippen LogP contribution in [0.15, 0.2) is 58.9 Å². The Morgan fingerprint density at radius 2 is 1.24 bits per heavy atom. The van der Waals surface area contributed by atoms with Crippen molar-refractivity contribution in [1.29, 1.82) is 0 Å². The number of hydrogen-bond acceptors (Lipinski definition) is 5. The molecule has 0 aromatic heterocycles. The molecule has 25 heavy (non-hydrogen) atoms. The summed E-state index contributed by atoms with van der Waals surface area (Å²) in [6.07, 6.45) is 0. The predicted octanol–water partition coefficient (Wildman–Crippen LogP) is 3.10. The van der Waals surface area contributed by atoms with Crippen LogP contribution >= 0.6 is 0 Å². The van der Waals surface area contributed by atoms with Crippen LogP contribution in [0.5, 0.6) is 0 Å². The zero-order valence-electron chi connectivity index (χ0n) is 15.6. The second kappa shape index (κ2) is 8.99. The zero-order chi connectivity index (χ0) is 19.4. The van der Waals surface area contributed by atoms with Gasteiger partial charge in [-0.2, -0.15) is 0 Å². The molecule has 0 amide bonds. The summed E-state index contributed by atoms with van der Waals surface area (Å²) in [5.74, 6) is 0. The van der Waals surface area contributed by atoms with Crippen LogP contribution in [0.25, 0.3) is 0 Å². The first-order chi connectivity index (χ1) is 11.5. The fourth-order valence-corrected chi connectivity index (χ4v) is 16.9. The third-order valence-corrected chi connectivity index (χ3v) is 16.1. The van der Waals surface area contributed by atoms with Crippen molar-refractivity contribution < 1.29 is 20.6 Å². The first-order valence-electron chi connectivity index (χ1n) is 7.56. The highest BCUT2D eigenvalue weighted by molar-refractivity contribution is 6.97. The molecule has 0 unspecified atom stereocenters. The van der Waals surface area contributed by atoms with Gasteiger partial charge in [0.2, 0.25) is 0 Å². The van der Waals surface area contributed by atoms with E-state index < -0.39 is 26.4 Å². The molecule has 0 N–H and O–H groups in total. The van der Waals surface area contributed by atoms with E-state index in [-0.39, 0.29) is 20.0 Å². The van der Waals surface area contributed by atoms with E-state index in [1.807, 2.05) is 34.6 Å². The molecular formula is C15H25O5Si5. The van der Waals surface area contributed by atoms with E-state index in [1.165, 1.54) is 0 Å². The van der Waals surface area contributed by atoms with Crippen LogP contribution in [0.3, 0.4) is 0 Å². The largest absolute Gasteiger partial charge is 0.413 e. The van der Waals surface area contributed by atoms with E-state index in [1.54, 1.807) is 0 Å². The highest BCUT2D eigenvalue weighted by atomic mass is 28.5. The van der Waals surface area contributed by atoms with Gasteiger partial charge in [-0.05, 0) is 60.6 Å². The van der Waals surface area contributed by atoms with Crippen LogP contribution in [0.4, 0.5) is 0 Å². The molecule has 0 spiro atoms. The lowest BCUT2D eigenvalue weighted by Crippen LogP contribution is -2.61. The van der Waals surface area contributed by atoms with Crippen molar-refractivity contribution in [3.63, 3.8) is 0 Å². The van der Waals surface area contributed by atoms with Gasteiger partial charge in [-0.3, -0.25) is 0 Å². The number of allylic oxidation sites excluding steroid dienone is 5. The Kier molecular flexibility index (Phi) is 8.13. The Balaban J connectivity index is 3.56. The second-order valence-corrected chi connectivity index (χ2v) is 17.8. The topological polar surface area (TPSA) is 46.2 Å². The van der Waals surface area contributed by atoms with E-state index >= 15 is 0 Å². The van der Waals surface area contributed by atoms with Gasteiger partial charge in [0.1, 0.15) is 0 Å². The lowest BCUT2D eigenvalue weighted by atomic mass is 10.7. The van der Waals surface area contributed by atoms with Crippen molar-refractivity contribution >= 4 is 46.4 Å². The SMILES string of the molecule is C=C(C)[Si]1O[Si]O[Si]O[Si](C(=C)C)(C(=C)C)O[Si](C(=C)C)(C(=C)C)O1. The van der Waals surface area contributed by atoms with Gasteiger partial charge in [-0.25, -0.2) is 0 Å². The molecule has 1 saturated heterocycles. The van der Waals surface area contributed by atoms with Crippen molar-refractivity contribution in [3.8, 4) is 0 Å². The molecule has 10 heteroatoms. The van der Waals surface area contributed by atoms with E-state index in [0.29, 0.717) is 0 Å². The van der Waals surface area contributed by atoms with E-state index in [2.05, 4.69) is 32.9 Å². The monoisotopic (exact) mass is 425 g/mol. The summed E-state index contributed by atoms with van der Waals surface area (Å²) in [5, 5.41) is 3.94. The molecule has 1 rings (SSSR count).